The van der Waals surface area contributed by atoms with Gasteiger partial charge in [0.25, 0.3) is 0 Å². The Bertz CT molecular complexity index is 859. The largest absolute Gasteiger partial charge is 0.380 e. The fourth-order valence-corrected chi connectivity index (χ4v) is 3.90. The summed E-state index contributed by atoms with van der Waals surface area (Å²) in [5, 5.41) is 16.0. The zero-order valence-corrected chi connectivity index (χ0v) is 12.8. The molecule has 1 aromatic carbocycles. The van der Waals surface area contributed by atoms with Gasteiger partial charge in [-0.1, -0.05) is 6.07 Å². The number of hydrogen-bond acceptors (Lipinski definition) is 4. The number of aromatic amines is 1. The van der Waals surface area contributed by atoms with Gasteiger partial charge in [-0.2, -0.15) is 5.10 Å². The monoisotopic (exact) mass is 311 g/mol. The third-order valence-electron chi connectivity index (χ3n) is 3.37. The van der Waals surface area contributed by atoms with Crippen LogP contribution in [0.1, 0.15) is 4.88 Å². The van der Waals surface area contributed by atoms with Crippen LogP contribution in [0.15, 0.2) is 53.4 Å². The predicted molar refractivity (Wildman–Crippen MR) is 91.1 cm³/mol. The molecular weight excluding hydrogens is 298 g/mol. The average Bonchev–Trinajstić information content (AvgIpc) is 3.24. The Morgan fingerprint density at radius 3 is 3.05 bits per heavy atom. The Kier molecular flexibility index (Phi) is 3.21. The molecule has 0 spiro atoms. The van der Waals surface area contributed by atoms with Gasteiger partial charge >= 0.3 is 0 Å². The number of nitrogens with zero attached hydrogens (tertiary/aromatic N) is 1. The number of aromatic nitrogens is 2. The van der Waals surface area contributed by atoms with E-state index >= 15 is 0 Å². The van der Waals surface area contributed by atoms with Crippen molar-refractivity contribution in [2.75, 3.05) is 5.32 Å². The lowest BCUT2D eigenvalue weighted by atomic mass is 10.2. The summed E-state index contributed by atoms with van der Waals surface area (Å²) in [6, 6.07) is 12.8. The zero-order chi connectivity index (χ0) is 14.1. The molecule has 0 radical (unpaired) electrons. The molecule has 2 N–H and O–H groups in total. The Labute approximate surface area is 130 Å². The van der Waals surface area contributed by atoms with E-state index in [2.05, 4.69) is 62.7 Å². The fourth-order valence-electron chi connectivity index (χ4n) is 2.29. The lowest BCUT2D eigenvalue weighted by Gasteiger charge is -2.04. The molecule has 0 unspecified atom stereocenters. The SMILES string of the molecule is c1csc(-c2csc(CNc3ccc4[nH]ncc4c3)c2)c1. The molecular formula is C16H13N3S2. The first-order chi connectivity index (χ1) is 10.4. The molecule has 0 amide bonds. The molecule has 0 fully saturated rings. The van der Waals surface area contributed by atoms with Gasteiger partial charge in [-0.3, -0.25) is 5.10 Å². The van der Waals surface area contributed by atoms with E-state index in [1.165, 1.54) is 15.3 Å². The van der Waals surface area contributed by atoms with Crippen molar-refractivity contribution in [3.05, 3.63) is 58.2 Å². The van der Waals surface area contributed by atoms with E-state index in [1.54, 1.807) is 22.7 Å². The van der Waals surface area contributed by atoms with E-state index in [0.29, 0.717) is 0 Å². The van der Waals surface area contributed by atoms with Crippen molar-refractivity contribution >= 4 is 39.3 Å². The molecule has 0 aliphatic rings. The standard InChI is InChI=1S/C16H13N3S2/c1-2-16(20-5-1)12-7-14(21-10-12)9-17-13-3-4-15-11(6-13)8-18-19-15/h1-8,10,17H,9H2,(H,18,19). The molecule has 0 saturated heterocycles. The topological polar surface area (TPSA) is 40.7 Å². The van der Waals surface area contributed by atoms with Crippen LogP contribution in [0.25, 0.3) is 21.3 Å². The smallest absolute Gasteiger partial charge is 0.0651 e. The number of H-pyrrole nitrogens is 1. The highest BCUT2D eigenvalue weighted by Crippen LogP contribution is 2.29. The van der Waals surface area contributed by atoms with Gasteiger partial charge < -0.3 is 5.32 Å². The van der Waals surface area contributed by atoms with Crippen LogP contribution in [0.4, 0.5) is 5.69 Å². The first-order valence-electron chi connectivity index (χ1n) is 6.67. The minimum atomic E-state index is 0.847. The van der Waals surface area contributed by atoms with Gasteiger partial charge in [0, 0.05) is 32.9 Å². The highest BCUT2D eigenvalue weighted by atomic mass is 32.1. The summed E-state index contributed by atoms with van der Waals surface area (Å²) < 4.78 is 0. The maximum atomic E-state index is 4.04. The van der Waals surface area contributed by atoms with E-state index < -0.39 is 0 Å². The van der Waals surface area contributed by atoms with Crippen LogP contribution in [0.3, 0.4) is 0 Å². The molecule has 0 bridgehead atoms. The molecule has 0 aliphatic heterocycles. The second-order valence-electron chi connectivity index (χ2n) is 4.80. The zero-order valence-electron chi connectivity index (χ0n) is 11.2. The van der Waals surface area contributed by atoms with Crippen LogP contribution in [-0.2, 0) is 6.54 Å². The van der Waals surface area contributed by atoms with E-state index in [1.807, 2.05) is 6.20 Å². The Balaban J connectivity index is 1.49. The maximum absolute atomic E-state index is 4.04. The maximum Gasteiger partial charge on any atom is 0.0651 e. The van der Waals surface area contributed by atoms with Crippen molar-refractivity contribution in [3.8, 4) is 10.4 Å². The molecule has 3 nitrogen and oxygen atoms in total. The highest BCUT2D eigenvalue weighted by Gasteiger charge is 2.04. The van der Waals surface area contributed by atoms with E-state index in [0.717, 1.165) is 23.1 Å². The summed E-state index contributed by atoms with van der Waals surface area (Å²) in [6.07, 6.45) is 1.85. The fraction of sp³-hybridized carbons (Fsp3) is 0.0625. The van der Waals surface area contributed by atoms with Gasteiger partial charge in [0.1, 0.15) is 0 Å². The van der Waals surface area contributed by atoms with Gasteiger partial charge in [-0.25, -0.2) is 0 Å². The number of fused-ring (bicyclic) bond motifs is 1. The lowest BCUT2D eigenvalue weighted by molar-refractivity contribution is 1.12. The van der Waals surface area contributed by atoms with Crippen LogP contribution in [0.5, 0.6) is 0 Å². The molecule has 0 saturated carbocycles. The summed E-state index contributed by atoms with van der Waals surface area (Å²) in [6.45, 7) is 0.847. The van der Waals surface area contributed by atoms with Crippen LogP contribution < -0.4 is 5.32 Å². The molecule has 4 rings (SSSR count). The Morgan fingerprint density at radius 2 is 2.14 bits per heavy atom. The quantitative estimate of drug-likeness (QED) is 0.559. The first-order valence-corrected chi connectivity index (χ1v) is 8.43. The number of hydrogen-bond donors (Lipinski definition) is 2. The molecule has 104 valence electrons. The van der Waals surface area contributed by atoms with Crippen molar-refractivity contribution in [2.24, 2.45) is 0 Å². The molecule has 0 atom stereocenters. The molecule has 3 aromatic heterocycles. The van der Waals surface area contributed by atoms with Gasteiger partial charge in [0.2, 0.25) is 0 Å². The molecule has 21 heavy (non-hydrogen) atoms. The number of nitrogens with one attached hydrogen (secondary N) is 2. The van der Waals surface area contributed by atoms with Crippen LogP contribution in [0, 0.1) is 0 Å². The highest BCUT2D eigenvalue weighted by molar-refractivity contribution is 7.14. The minimum Gasteiger partial charge on any atom is -0.380 e. The molecule has 4 aromatic rings. The normalized spacial score (nSPS) is 11.0. The summed E-state index contributed by atoms with van der Waals surface area (Å²) in [4.78, 5) is 2.67. The first kappa shape index (κ1) is 12.6. The van der Waals surface area contributed by atoms with Crippen LogP contribution >= 0.6 is 22.7 Å². The van der Waals surface area contributed by atoms with Gasteiger partial charge in [-0.05, 0) is 41.1 Å². The van der Waals surface area contributed by atoms with Crippen molar-refractivity contribution in [2.45, 2.75) is 6.54 Å². The summed E-state index contributed by atoms with van der Waals surface area (Å²) in [5.74, 6) is 0. The van der Waals surface area contributed by atoms with Crippen molar-refractivity contribution in [1.82, 2.24) is 10.2 Å². The van der Waals surface area contributed by atoms with E-state index in [9.17, 15) is 0 Å². The van der Waals surface area contributed by atoms with Crippen LogP contribution in [0.2, 0.25) is 0 Å². The van der Waals surface area contributed by atoms with E-state index in [-0.39, 0.29) is 0 Å². The van der Waals surface area contributed by atoms with Gasteiger partial charge in [0.05, 0.1) is 11.7 Å². The second-order valence-corrected chi connectivity index (χ2v) is 6.75. The van der Waals surface area contributed by atoms with Crippen molar-refractivity contribution in [3.63, 3.8) is 0 Å². The number of rotatable bonds is 4. The van der Waals surface area contributed by atoms with Gasteiger partial charge in [0.15, 0.2) is 0 Å². The predicted octanol–water partition coefficient (Wildman–Crippen LogP) is 4.97. The van der Waals surface area contributed by atoms with Crippen molar-refractivity contribution < 1.29 is 0 Å². The summed E-state index contributed by atoms with van der Waals surface area (Å²) in [7, 11) is 0. The number of thiophene rings is 2. The molecule has 0 aliphatic carbocycles. The van der Waals surface area contributed by atoms with Crippen LogP contribution in [-0.4, -0.2) is 10.2 Å². The minimum absolute atomic E-state index is 0.847. The van der Waals surface area contributed by atoms with Gasteiger partial charge in [-0.15, -0.1) is 22.7 Å². The second kappa shape index (κ2) is 5.35. The summed E-state index contributed by atoms with van der Waals surface area (Å²) >= 11 is 3.58. The summed E-state index contributed by atoms with van der Waals surface area (Å²) in [5.41, 5.74) is 3.50. The third-order valence-corrected chi connectivity index (χ3v) is 5.22. The van der Waals surface area contributed by atoms with E-state index in [4.69, 9.17) is 0 Å². The lowest BCUT2D eigenvalue weighted by Crippen LogP contribution is -1.96. The average molecular weight is 311 g/mol. The number of anilines is 1. The Hall–Kier alpha value is -2.11. The third kappa shape index (κ3) is 2.57. The van der Waals surface area contributed by atoms with Crippen molar-refractivity contribution in [1.29, 1.82) is 0 Å². The number of benzene rings is 1. The molecule has 5 heteroatoms. The Morgan fingerprint density at radius 1 is 1.14 bits per heavy atom. The molecule has 3 heterocycles.